The highest BCUT2D eigenvalue weighted by Gasteiger charge is 2.12. The molecule has 0 aliphatic heterocycles. The second-order valence-corrected chi connectivity index (χ2v) is 5.59. The Morgan fingerprint density at radius 3 is 2.94 bits per heavy atom. The van der Waals surface area contributed by atoms with E-state index in [1.54, 1.807) is 11.3 Å². The van der Waals surface area contributed by atoms with Gasteiger partial charge in [0, 0.05) is 23.8 Å². The average molecular weight is 262 g/mol. The third-order valence-electron chi connectivity index (χ3n) is 2.58. The summed E-state index contributed by atoms with van der Waals surface area (Å²) in [5.41, 5.74) is 1.00. The van der Waals surface area contributed by atoms with Crippen LogP contribution in [0.2, 0.25) is 0 Å². The van der Waals surface area contributed by atoms with Crippen LogP contribution in [0.25, 0.3) is 0 Å². The molecule has 0 saturated heterocycles. The quantitative estimate of drug-likeness (QED) is 0.841. The molecule has 0 spiro atoms. The van der Waals surface area contributed by atoms with Crippen LogP contribution >= 0.6 is 11.3 Å². The van der Waals surface area contributed by atoms with E-state index in [-0.39, 0.29) is 6.04 Å². The van der Waals surface area contributed by atoms with Crippen molar-refractivity contribution in [3.63, 3.8) is 0 Å². The van der Waals surface area contributed by atoms with Gasteiger partial charge in [0.05, 0.1) is 11.7 Å². The van der Waals surface area contributed by atoms with Crippen LogP contribution in [-0.2, 0) is 6.54 Å². The van der Waals surface area contributed by atoms with Crippen LogP contribution in [0.3, 0.4) is 0 Å². The molecule has 96 valence electrons. The Morgan fingerprint density at radius 2 is 2.33 bits per heavy atom. The molecule has 2 rings (SSSR count). The van der Waals surface area contributed by atoms with E-state index in [2.05, 4.69) is 40.3 Å². The van der Waals surface area contributed by atoms with Crippen LogP contribution in [0, 0.1) is 13.8 Å². The van der Waals surface area contributed by atoms with E-state index in [1.807, 2.05) is 25.4 Å². The minimum Gasteiger partial charge on any atom is -0.347 e. The van der Waals surface area contributed by atoms with Crippen molar-refractivity contribution in [2.24, 2.45) is 0 Å². The Hall–Kier alpha value is -1.62. The fourth-order valence-electron chi connectivity index (χ4n) is 1.77. The molecule has 2 aromatic heterocycles. The SMILES string of the molecule is C=CCn1cc(C)nc1NC(C)c1ncc(C)s1. The molecule has 0 aliphatic carbocycles. The van der Waals surface area contributed by atoms with Crippen molar-refractivity contribution in [1.82, 2.24) is 14.5 Å². The van der Waals surface area contributed by atoms with Gasteiger partial charge in [-0.1, -0.05) is 6.08 Å². The normalized spacial score (nSPS) is 12.4. The van der Waals surface area contributed by atoms with E-state index in [9.17, 15) is 0 Å². The number of allylic oxidation sites excluding steroid dienone is 1. The predicted molar refractivity (Wildman–Crippen MR) is 76.0 cm³/mol. The number of rotatable bonds is 5. The van der Waals surface area contributed by atoms with Crippen molar-refractivity contribution >= 4 is 17.3 Å². The maximum absolute atomic E-state index is 4.48. The topological polar surface area (TPSA) is 42.7 Å². The lowest BCUT2D eigenvalue weighted by atomic mass is 10.3. The zero-order valence-corrected chi connectivity index (χ0v) is 11.8. The first-order chi connectivity index (χ1) is 8.60. The Bertz CT molecular complexity index is 541. The lowest BCUT2D eigenvalue weighted by Gasteiger charge is -2.13. The zero-order chi connectivity index (χ0) is 13.1. The molecule has 0 saturated carbocycles. The van der Waals surface area contributed by atoms with Crippen LogP contribution in [0.1, 0.15) is 28.5 Å². The minimum absolute atomic E-state index is 0.161. The van der Waals surface area contributed by atoms with E-state index in [0.717, 1.165) is 23.2 Å². The summed E-state index contributed by atoms with van der Waals surface area (Å²) in [7, 11) is 0. The standard InChI is InChI=1S/C13H18N4S/c1-5-6-17-8-9(2)15-13(17)16-11(4)12-14-7-10(3)18-12/h5,7-8,11H,1,6H2,2-4H3,(H,15,16). The molecule has 2 aromatic rings. The molecule has 0 fully saturated rings. The summed E-state index contributed by atoms with van der Waals surface area (Å²) in [6.07, 6.45) is 5.79. The highest BCUT2D eigenvalue weighted by atomic mass is 32.1. The highest BCUT2D eigenvalue weighted by Crippen LogP contribution is 2.23. The number of hydrogen-bond acceptors (Lipinski definition) is 4. The minimum atomic E-state index is 0.161. The third kappa shape index (κ3) is 2.79. The van der Waals surface area contributed by atoms with Crippen molar-refractivity contribution < 1.29 is 0 Å². The lowest BCUT2D eigenvalue weighted by molar-refractivity contribution is 0.780. The summed E-state index contributed by atoms with van der Waals surface area (Å²) in [5, 5.41) is 4.48. The lowest BCUT2D eigenvalue weighted by Crippen LogP contribution is -2.11. The molecule has 1 N–H and O–H groups in total. The molecule has 1 unspecified atom stereocenters. The van der Waals surface area contributed by atoms with Crippen molar-refractivity contribution in [1.29, 1.82) is 0 Å². The second kappa shape index (κ2) is 5.35. The van der Waals surface area contributed by atoms with E-state index in [4.69, 9.17) is 0 Å². The predicted octanol–water partition coefficient (Wildman–Crippen LogP) is 3.32. The molecule has 4 nitrogen and oxygen atoms in total. The van der Waals surface area contributed by atoms with Gasteiger partial charge in [0.1, 0.15) is 5.01 Å². The maximum Gasteiger partial charge on any atom is 0.203 e. The summed E-state index contributed by atoms with van der Waals surface area (Å²) in [4.78, 5) is 10.1. The summed E-state index contributed by atoms with van der Waals surface area (Å²) in [5.74, 6) is 0.868. The highest BCUT2D eigenvalue weighted by molar-refractivity contribution is 7.11. The zero-order valence-electron chi connectivity index (χ0n) is 11.0. The number of nitrogens with zero attached hydrogens (tertiary/aromatic N) is 3. The number of nitrogens with one attached hydrogen (secondary N) is 1. The molecule has 1 atom stereocenters. The molecule has 0 radical (unpaired) electrons. The van der Waals surface area contributed by atoms with E-state index < -0.39 is 0 Å². The van der Waals surface area contributed by atoms with Gasteiger partial charge in [-0.3, -0.25) is 0 Å². The van der Waals surface area contributed by atoms with Gasteiger partial charge >= 0.3 is 0 Å². The smallest absolute Gasteiger partial charge is 0.203 e. The number of aryl methyl sites for hydroxylation is 2. The molecule has 0 bridgehead atoms. The van der Waals surface area contributed by atoms with Gasteiger partial charge in [-0.05, 0) is 20.8 Å². The van der Waals surface area contributed by atoms with Crippen LogP contribution in [0.5, 0.6) is 0 Å². The number of anilines is 1. The van der Waals surface area contributed by atoms with Gasteiger partial charge in [0.25, 0.3) is 0 Å². The van der Waals surface area contributed by atoms with Gasteiger partial charge in [0.2, 0.25) is 5.95 Å². The van der Waals surface area contributed by atoms with Gasteiger partial charge in [-0.25, -0.2) is 9.97 Å². The monoisotopic (exact) mass is 262 g/mol. The summed E-state index contributed by atoms with van der Waals surface area (Å²) in [6.45, 7) is 10.7. The first-order valence-electron chi connectivity index (χ1n) is 5.93. The number of imidazole rings is 1. The van der Waals surface area contributed by atoms with Gasteiger partial charge in [-0.2, -0.15) is 0 Å². The Labute approximate surface area is 111 Å². The van der Waals surface area contributed by atoms with Gasteiger partial charge in [-0.15, -0.1) is 17.9 Å². The summed E-state index contributed by atoms with van der Waals surface area (Å²) in [6, 6.07) is 0.161. The van der Waals surface area contributed by atoms with Crippen molar-refractivity contribution in [2.45, 2.75) is 33.4 Å². The van der Waals surface area contributed by atoms with Gasteiger partial charge in [0.15, 0.2) is 0 Å². The molecule has 5 heteroatoms. The van der Waals surface area contributed by atoms with Crippen LogP contribution < -0.4 is 5.32 Å². The molecule has 2 heterocycles. The Kier molecular flexibility index (Phi) is 3.81. The molecule has 0 aliphatic rings. The number of thiazole rings is 1. The molecule has 0 amide bonds. The molecule has 18 heavy (non-hydrogen) atoms. The molecular weight excluding hydrogens is 244 g/mol. The summed E-state index contributed by atoms with van der Waals surface area (Å²) < 4.78 is 2.05. The number of hydrogen-bond donors (Lipinski definition) is 1. The summed E-state index contributed by atoms with van der Waals surface area (Å²) >= 11 is 1.71. The fourth-order valence-corrected chi connectivity index (χ4v) is 2.54. The Morgan fingerprint density at radius 1 is 1.56 bits per heavy atom. The second-order valence-electron chi connectivity index (χ2n) is 4.32. The largest absolute Gasteiger partial charge is 0.347 e. The van der Waals surface area contributed by atoms with Crippen LogP contribution in [-0.4, -0.2) is 14.5 Å². The van der Waals surface area contributed by atoms with Crippen molar-refractivity contribution in [3.05, 3.63) is 40.6 Å². The van der Waals surface area contributed by atoms with Crippen LogP contribution in [0.15, 0.2) is 25.0 Å². The average Bonchev–Trinajstić information content (AvgIpc) is 2.87. The number of aromatic nitrogens is 3. The third-order valence-corrected chi connectivity index (χ3v) is 3.67. The van der Waals surface area contributed by atoms with E-state index in [0.29, 0.717) is 0 Å². The van der Waals surface area contributed by atoms with Crippen molar-refractivity contribution in [3.8, 4) is 0 Å². The molecule has 0 aromatic carbocycles. The van der Waals surface area contributed by atoms with E-state index in [1.165, 1.54) is 4.88 Å². The molecular formula is C13H18N4S. The van der Waals surface area contributed by atoms with Crippen LogP contribution in [0.4, 0.5) is 5.95 Å². The fraction of sp³-hybridized carbons (Fsp3) is 0.385. The van der Waals surface area contributed by atoms with Gasteiger partial charge < -0.3 is 9.88 Å². The van der Waals surface area contributed by atoms with Crippen molar-refractivity contribution in [2.75, 3.05) is 5.32 Å². The first kappa shape index (κ1) is 12.8. The van der Waals surface area contributed by atoms with E-state index >= 15 is 0 Å². The maximum atomic E-state index is 4.48. The first-order valence-corrected chi connectivity index (χ1v) is 6.75. The Balaban J connectivity index is 2.15.